The Morgan fingerprint density at radius 2 is 1.88 bits per heavy atom. The number of alkyl halides is 1. The second-order valence-electron chi connectivity index (χ2n) is 5.02. The molecule has 2 heteroatoms. The molecule has 2 atom stereocenters. The van der Waals surface area contributed by atoms with E-state index in [1.54, 1.807) is 0 Å². The Balaban J connectivity index is 2.08. The molecule has 0 aromatic heterocycles. The number of ether oxygens (including phenoxy) is 1. The number of benzene rings is 1. The van der Waals surface area contributed by atoms with E-state index < -0.39 is 0 Å². The molecule has 1 saturated heterocycles. The topological polar surface area (TPSA) is 9.23 Å². The molecule has 0 radical (unpaired) electrons. The third-order valence-electron chi connectivity index (χ3n) is 3.20. The van der Waals surface area contributed by atoms with Crippen LogP contribution >= 0.6 is 15.9 Å². The highest BCUT2D eigenvalue weighted by molar-refractivity contribution is 9.10. The normalized spacial score (nSPS) is 26.7. The van der Waals surface area contributed by atoms with E-state index >= 15 is 0 Å². The van der Waals surface area contributed by atoms with Crippen molar-refractivity contribution < 1.29 is 4.74 Å². The Hall–Kier alpha value is -0.340. The molecular formula is C14H19BrO. The third-order valence-corrected chi connectivity index (χ3v) is 3.71. The second-order valence-corrected chi connectivity index (χ2v) is 7.06. The van der Waals surface area contributed by atoms with Crippen molar-refractivity contribution >= 4 is 15.9 Å². The zero-order valence-electron chi connectivity index (χ0n) is 9.95. The summed E-state index contributed by atoms with van der Waals surface area (Å²) >= 11 is 3.72. The van der Waals surface area contributed by atoms with Crippen LogP contribution in [0.5, 0.6) is 0 Å². The number of rotatable bonds is 2. The van der Waals surface area contributed by atoms with Crippen molar-refractivity contribution in [3.8, 4) is 0 Å². The number of hydrogen-bond donors (Lipinski definition) is 0. The van der Waals surface area contributed by atoms with Crippen molar-refractivity contribution in [2.24, 2.45) is 0 Å². The minimum atomic E-state index is 0.0699. The molecule has 1 aliphatic heterocycles. The second kappa shape index (κ2) is 4.89. The van der Waals surface area contributed by atoms with Gasteiger partial charge in [-0.25, -0.2) is 0 Å². The van der Waals surface area contributed by atoms with E-state index in [1.807, 2.05) is 0 Å². The molecule has 0 amide bonds. The molecule has 1 nitrogen and oxygen atoms in total. The molecule has 0 N–H and O–H groups in total. The highest BCUT2D eigenvalue weighted by Crippen LogP contribution is 2.38. The van der Waals surface area contributed by atoms with E-state index in [0.29, 0.717) is 6.10 Å². The molecule has 1 aromatic carbocycles. The minimum absolute atomic E-state index is 0.0699. The van der Waals surface area contributed by atoms with Crippen molar-refractivity contribution in [2.75, 3.05) is 0 Å². The summed E-state index contributed by atoms with van der Waals surface area (Å²) in [7, 11) is 0. The molecule has 88 valence electrons. The van der Waals surface area contributed by atoms with Crippen LogP contribution in [-0.2, 0) is 4.74 Å². The van der Waals surface area contributed by atoms with Gasteiger partial charge in [-0.15, -0.1) is 0 Å². The summed E-state index contributed by atoms with van der Waals surface area (Å²) in [6.07, 6.45) is 4.13. The molecule has 1 aromatic rings. The van der Waals surface area contributed by atoms with Crippen molar-refractivity contribution in [3.05, 3.63) is 35.9 Å². The van der Waals surface area contributed by atoms with Gasteiger partial charge in [-0.3, -0.25) is 0 Å². The van der Waals surface area contributed by atoms with Gasteiger partial charge in [0.25, 0.3) is 0 Å². The molecule has 0 bridgehead atoms. The lowest BCUT2D eigenvalue weighted by molar-refractivity contribution is -0.0632. The fourth-order valence-corrected chi connectivity index (χ4v) is 2.58. The summed E-state index contributed by atoms with van der Waals surface area (Å²) in [6.45, 7) is 4.37. The Morgan fingerprint density at radius 3 is 2.50 bits per heavy atom. The van der Waals surface area contributed by atoms with Crippen molar-refractivity contribution in [2.45, 2.75) is 49.6 Å². The molecule has 0 saturated carbocycles. The lowest BCUT2D eigenvalue weighted by Crippen LogP contribution is -2.36. The average Bonchev–Trinajstić information content (AvgIpc) is 2.29. The van der Waals surface area contributed by atoms with Gasteiger partial charge in [0.15, 0.2) is 0 Å². The smallest absolute Gasteiger partial charge is 0.0829 e. The largest absolute Gasteiger partial charge is 0.369 e. The SMILES string of the molecule is CC(C)(Br)[C@H]1CCC[C@@H](c2ccccc2)O1. The first-order valence-electron chi connectivity index (χ1n) is 5.96. The lowest BCUT2D eigenvalue weighted by Gasteiger charge is -2.37. The Morgan fingerprint density at radius 1 is 1.19 bits per heavy atom. The van der Waals surface area contributed by atoms with Crippen LogP contribution < -0.4 is 0 Å². The molecule has 0 aliphatic carbocycles. The van der Waals surface area contributed by atoms with E-state index in [2.05, 4.69) is 60.1 Å². The molecule has 0 spiro atoms. The van der Waals surface area contributed by atoms with E-state index in [0.717, 1.165) is 12.8 Å². The third kappa shape index (κ3) is 2.86. The molecule has 1 fully saturated rings. The van der Waals surface area contributed by atoms with Crippen LogP contribution in [0.1, 0.15) is 44.8 Å². The first-order valence-corrected chi connectivity index (χ1v) is 6.76. The van der Waals surface area contributed by atoms with Gasteiger partial charge in [0, 0.05) is 4.32 Å². The zero-order valence-corrected chi connectivity index (χ0v) is 11.5. The van der Waals surface area contributed by atoms with Crippen LogP contribution in [0.15, 0.2) is 30.3 Å². The summed E-state index contributed by atoms with van der Waals surface area (Å²) in [6, 6.07) is 10.5. The van der Waals surface area contributed by atoms with E-state index in [-0.39, 0.29) is 10.4 Å². The standard InChI is InChI=1S/C14H19BrO/c1-14(2,15)13-10-6-9-12(16-13)11-7-4-3-5-8-11/h3-5,7-8,12-13H,6,9-10H2,1-2H3/t12-,13+/m0/s1. The van der Waals surface area contributed by atoms with Crippen LogP contribution in [0.3, 0.4) is 0 Å². The summed E-state index contributed by atoms with van der Waals surface area (Å²) in [5.74, 6) is 0. The average molecular weight is 283 g/mol. The van der Waals surface area contributed by atoms with Gasteiger partial charge in [0.1, 0.15) is 0 Å². The monoisotopic (exact) mass is 282 g/mol. The first-order chi connectivity index (χ1) is 7.57. The highest BCUT2D eigenvalue weighted by Gasteiger charge is 2.33. The number of hydrogen-bond acceptors (Lipinski definition) is 1. The minimum Gasteiger partial charge on any atom is -0.369 e. The zero-order chi connectivity index (χ0) is 11.6. The van der Waals surface area contributed by atoms with E-state index in [1.165, 1.54) is 12.0 Å². The first kappa shape index (κ1) is 12.1. The summed E-state index contributed by atoms with van der Waals surface area (Å²) in [5.41, 5.74) is 1.31. The maximum Gasteiger partial charge on any atom is 0.0829 e. The molecular weight excluding hydrogens is 264 g/mol. The quantitative estimate of drug-likeness (QED) is 0.728. The molecule has 1 heterocycles. The fourth-order valence-electron chi connectivity index (χ4n) is 2.24. The predicted octanol–water partition coefficient (Wildman–Crippen LogP) is 4.47. The molecule has 1 aliphatic rings. The molecule has 0 unspecified atom stereocenters. The van der Waals surface area contributed by atoms with Gasteiger partial charge in [0.05, 0.1) is 12.2 Å². The Bertz CT molecular complexity index is 328. The molecule has 2 rings (SSSR count). The van der Waals surface area contributed by atoms with Crippen LogP contribution in [0.2, 0.25) is 0 Å². The summed E-state index contributed by atoms with van der Waals surface area (Å²) < 4.78 is 6.26. The van der Waals surface area contributed by atoms with E-state index in [4.69, 9.17) is 4.74 Å². The van der Waals surface area contributed by atoms with Crippen molar-refractivity contribution in [1.82, 2.24) is 0 Å². The van der Waals surface area contributed by atoms with Crippen LogP contribution in [0, 0.1) is 0 Å². The van der Waals surface area contributed by atoms with Crippen molar-refractivity contribution in [1.29, 1.82) is 0 Å². The lowest BCUT2D eigenvalue weighted by atomic mass is 9.93. The Labute approximate surface area is 106 Å². The summed E-state index contributed by atoms with van der Waals surface area (Å²) in [5, 5.41) is 0. The predicted molar refractivity (Wildman–Crippen MR) is 70.9 cm³/mol. The highest BCUT2D eigenvalue weighted by atomic mass is 79.9. The van der Waals surface area contributed by atoms with Gasteiger partial charge in [-0.05, 0) is 38.7 Å². The number of halogens is 1. The summed E-state index contributed by atoms with van der Waals surface area (Å²) in [4.78, 5) is 0. The maximum atomic E-state index is 6.19. The Kier molecular flexibility index (Phi) is 3.70. The van der Waals surface area contributed by atoms with Gasteiger partial charge in [0.2, 0.25) is 0 Å². The van der Waals surface area contributed by atoms with Crippen LogP contribution in [0.25, 0.3) is 0 Å². The van der Waals surface area contributed by atoms with Gasteiger partial charge in [-0.1, -0.05) is 46.3 Å². The maximum absolute atomic E-state index is 6.19. The van der Waals surface area contributed by atoms with Gasteiger partial charge >= 0.3 is 0 Å². The van der Waals surface area contributed by atoms with Gasteiger partial charge < -0.3 is 4.74 Å². The van der Waals surface area contributed by atoms with E-state index in [9.17, 15) is 0 Å². The van der Waals surface area contributed by atoms with Crippen LogP contribution in [-0.4, -0.2) is 10.4 Å². The van der Waals surface area contributed by atoms with Crippen molar-refractivity contribution in [3.63, 3.8) is 0 Å². The van der Waals surface area contributed by atoms with Crippen LogP contribution in [0.4, 0.5) is 0 Å². The van der Waals surface area contributed by atoms with Gasteiger partial charge in [-0.2, -0.15) is 0 Å². The fraction of sp³-hybridized carbons (Fsp3) is 0.571. The molecule has 16 heavy (non-hydrogen) atoms.